The molecule has 1 aliphatic heterocycles. The molecule has 3 atom stereocenters. The summed E-state index contributed by atoms with van der Waals surface area (Å²) in [5, 5.41) is 20.6. The molecule has 2 aromatic rings. The minimum atomic E-state index is -0.834. The number of aliphatic hydroxyl groups is 1. The predicted molar refractivity (Wildman–Crippen MR) is 118 cm³/mol. The lowest BCUT2D eigenvalue weighted by molar-refractivity contribution is -0.116. The van der Waals surface area contributed by atoms with E-state index in [1.165, 1.54) is 5.48 Å². The molecule has 3 rings (SSSR count). The standard InChI is InChI=1S/C21H25NO3S.CH3NO2/c1-15(26(2)24)13-20-14-21(22-25-20)19-9-7-18(8-10-19)17-5-3-16(4-6-17)11-12-23;3-1-2-4/h3-10,15,20,23H,11-14H2,1-2H3;1,4H,(H,2,3). The lowest BCUT2D eigenvalue weighted by atomic mass is 9.98. The number of hydrogen-bond donors (Lipinski definition) is 3. The van der Waals surface area contributed by atoms with E-state index < -0.39 is 10.8 Å². The summed E-state index contributed by atoms with van der Waals surface area (Å²) in [6, 6.07) is 16.6. The van der Waals surface area contributed by atoms with Crippen molar-refractivity contribution in [1.29, 1.82) is 0 Å². The maximum Gasteiger partial charge on any atom is 0.230 e. The molecule has 0 radical (unpaired) electrons. The molecule has 1 heterocycles. The van der Waals surface area contributed by atoms with Gasteiger partial charge in [-0.15, -0.1) is 0 Å². The van der Waals surface area contributed by atoms with E-state index >= 15 is 0 Å². The number of carbonyl (C=O) groups excluding carboxylic acids is 1. The third-order valence-electron chi connectivity index (χ3n) is 4.85. The second kappa shape index (κ2) is 12.2. The summed E-state index contributed by atoms with van der Waals surface area (Å²) in [4.78, 5) is 14.3. The van der Waals surface area contributed by atoms with Crippen LogP contribution in [0.1, 0.15) is 30.9 Å². The fraction of sp³-hybridized carbons (Fsp3) is 0.364. The number of carbonyl (C=O) groups is 1. The van der Waals surface area contributed by atoms with Crippen LogP contribution in [0, 0.1) is 0 Å². The Labute approximate surface area is 179 Å². The fourth-order valence-corrected chi connectivity index (χ4v) is 3.56. The molecule has 8 heteroatoms. The number of aliphatic hydroxyl groups excluding tert-OH is 1. The van der Waals surface area contributed by atoms with Gasteiger partial charge in [0.25, 0.3) is 0 Å². The minimum Gasteiger partial charge on any atom is -0.396 e. The Morgan fingerprint density at radius 1 is 1.17 bits per heavy atom. The summed E-state index contributed by atoms with van der Waals surface area (Å²) in [6.45, 7) is 2.16. The fourth-order valence-electron chi connectivity index (χ4n) is 3.08. The highest BCUT2D eigenvalue weighted by Crippen LogP contribution is 2.24. The first kappa shape index (κ1) is 23.7. The molecule has 1 amide bonds. The van der Waals surface area contributed by atoms with Crippen molar-refractivity contribution in [3.05, 3.63) is 59.7 Å². The third-order valence-corrected chi connectivity index (χ3v) is 6.18. The molecule has 0 spiro atoms. The van der Waals surface area contributed by atoms with Crippen molar-refractivity contribution in [3.8, 4) is 11.1 Å². The molecule has 30 heavy (non-hydrogen) atoms. The Morgan fingerprint density at radius 3 is 2.20 bits per heavy atom. The third kappa shape index (κ3) is 7.05. The van der Waals surface area contributed by atoms with Gasteiger partial charge in [-0.05, 0) is 28.7 Å². The highest BCUT2D eigenvalue weighted by molar-refractivity contribution is 7.84. The van der Waals surface area contributed by atoms with Crippen LogP contribution in [-0.2, 0) is 26.9 Å². The molecule has 3 unspecified atom stereocenters. The maximum absolute atomic E-state index is 11.5. The Morgan fingerprint density at radius 2 is 1.70 bits per heavy atom. The van der Waals surface area contributed by atoms with Gasteiger partial charge < -0.3 is 9.94 Å². The van der Waals surface area contributed by atoms with E-state index in [1.54, 1.807) is 6.26 Å². The summed E-state index contributed by atoms with van der Waals surface area (Å²) >= 11 is 0. The first-order valence-corrected chi connectivity index (χ1v) is 11.3. The molecule has 7 nitrogen and oxygen atoms in total. The molecule has 0 aliphatic carbocycles. The molecule has 1 aliphatic rings. The normalized spacial score (nSPS) is 17.1. The number of hydrogen-bond acceptors (Lipinski definition) is 6. The van der Waals surface area contributed by atoms with Gasteiger partial charge in [-0.2, -0.15) is 0 Å². The number of nitrogens with zero attached hydrogens (tertiary/aromatic N) is 1. The van der Waals surface area contributed by atoms with Gasteiger partial charge in [-0.3, -0.25) is 14.2 Å². The Balaban J connectivity index is 0.000000735. The van der Waals surface area contributed by atoms with Crippen LogP contribution in [0.15, 0.2) is 53.7 Å². The molecule has 2 aromatic carbocycles. The largest absolute Gasteiger partial charge is 0.396 e. The number of hydroxylamine groups is 1. The lowest BCUT2D eigenvalue weighted by Gasteiger charge is -2.12. The van der Waals surface area contributed by atoms with E-state index in [1.807, 2.05) is 6.92 Å². The number of amides is 1. The smallest absolute Gasteiger partial charge is 0.230 e. The summed E-state index contributed by atoms with van der Waals surface area (Å²) in [7, 11) is -0.834. The monoisotopic (exact) mass is 432 g/mol. The lowest BCUT2D eigenvalue weighted by Crippen LogP contribution is -2.19. The molecule has 0 fully saturated rings. The van der Waals surface area contributed by atoms with Crippen molar-refractivity contribution < 1.29 is 24.2 Å². The zero-order valence-corrected chi connectivity index (χ0v) is 18.0. The SMILES string of the molecule is CC(CC1CC(c2ccc(-c3ccc(CCO)cc3)cc2)=NO1)S(C)=O.O=CNO. The quantitative estimate of drug-likeness (QED) is 0.338. The number of benzene rings is 2. The van der Waals surface area contributed by atoms with E-state index in [-0.39, 0.29) is 24.4 Å². The van der Waals surface area contributed by atoms with Gasteiger partial charge in [-0.25, -0.2) is 5.48 Å². The molecule has 0 aromatic heterocycles. The summed E-state index contributed by atoms with van der Waals surface area (Å²) in [6.07, 6.45) is 4.13. The summed E-state index contributed by atoms with van der Waals surface area (Å²) in [5.74, 6) is 0. The van der Waals surface area contributed by atoms with E-state index in [0.29, 0.717) is 6.42 Å². The van der Waals surface area contributed by atoms with E-state index in [0.717, 1.165) is 40.8 Å². The zero-order valence-electron chi connectivity index (χ0n) is 17.2. The molecule has 162 valence electrons. The Hall–Kier alpha value is -2.55. The van der Waals surface area contributed by atoms with E-state index in [2.05, 4.69) is 53.7 Å². The predicted octanol–water partition coefficient (Wildman–Crippen LogP) is 2.66. The second-order valence-electron chi connectivity index (χ2n) is 7.01. The van der Waals surface area contributed by atoms with Crippen LogP contribution in [-0.4, -0.2) is 50.9 Å². The van der Waals surface area contributed by atoms with Crippen LogP contribution < -0.4 is 5.48 Å². The first-order valence-electron chi connectivity index (χ1n) is 9.67. The topological polar surface area (TPSA) is 108 Å². The van der Waals surface area contributed by atoms with Gasteiger partial charge in [0.05, 0.1) is 5.71 Å². The molecule has 0 saturated heterocycles. The zero-order chi connectivity index (χ0) is 21.9. The van der Waals surface area contributed by atoms with Crippen molar-refractivity contribution in [2.75, 3.05) is 12.9 Å². The minimum absolute atomic E-state index is 0.0163. The molecule has 0 saturated carbocycles. The molecular formula is C22H28N2O5S. The van der Waals surface area contributed by atoms with Crippen LogP contribution >= 0.6 is 0 Å². The highest BCUT2D eigenvalue weighted by Gasteiger charge is 2.25. The highest BCUT2D eigenvalue weighted by atomic mass is 32.2. The molecule has 3 N–H and O–H groups in total. The van der Waals surface area contributed by atoms with Gasteiger partial charge in [-0.1, -0.05) is 60.6 Å². The van der Waals surface area contributed by atoms with Crippen molar-refractivity contribution in [1.82, 2.24) is 5.48 Å². The van der Waals surface area contributed by atoms with Crippen molar-refractivity contribution in [2.24, 2.45) is 5.16 Å². The average Bonchev–Trinajstić information content (AvgIpc) is 3.23. The van der Waals surface area contributed by atoms with E-state index in [4.69, 9.17) is 19.9 Å². The Bertz CT molecular complexity index is 853. The first-order chi connectivity index (χ1) is 14.5. The number of rotatable bonds is 8. The molecular weight excluding hydrogens is 404 g/mol. The Kier molecular flexibility index (Phi) is 9.66. The van der Waals surface area contributed by atoms with Crippen LogP contribution in [0.3, 0.4) is 0 Å². The van der Waals surface area contributed by atoms with Gasteiger partial charge in [0.15, 0.2) is 0 Å². The van der Waals surface area contributed by atoms with Crippen molar-refractivity contribution in [2.45, 2.75) is 37.5 Å². The van der Waals surface area contributed by atoms with Crippen LogP contribution in [0.2, 0.25) is 0 Å². The van der Waals surface area contributed by atoms with Crippen LogP contribution in [0.5, 0.6) is 0 Å². The van der Waals surface area contributed by atoms with Gasteiger partial charge in [0.1, 0.15) is 6.10 Å². The van der Waals surface area contributed by atoms with Gasteiger partial charge >= 0.3 is 0 Å². The number of oxime groups is 1. The van der Waals surface area contributed by atoms with Crippen LogP contribution in [0.25, 0.3) is 11.1 Å². The van der Waals surface area contributed by atoms with Crippen molar-refractivity contribution >= 4 is 22.9 Å². The second-order valence-corrected chi connectivity index (χ2v) is 8.81. The summed E-state index contributed by atoms with van der Waals surface area (Å²) < 4.78 is 11.5. The average molecular weight is 433 g/mol. The van der Waals surface area contributed by atoms with Gasteiger partial charge in [0, 0.05) is 41.8 Å². The molecule has 0 bridgehead atoms. The number of nitrogens with one attached hydrogen (secondary N) is 1. The maximum atomic E-state index is 11.5. The van der Waals surface area contributed by atoms with E-state index in [9.17, 15) is 4.21 Å². The van der Waals surface area contributed by atoms with Crippen LogP contribution in [0.4, 0.5) is 0 Å². The van der Waals surface area contributed by atoms with Gasteiger partial charge in [0.2, 0.25) is 6.41 Å². The summed E-state index contributed by atoms with van der Waals surface area (Å²) in [5.41, 5.74) is 6.71. The van der Waals surface area contributed by atoms with Crippen molar-refractivity contribution in [3.63, 3.8) is 0 Å².